The number of rotatable bonds is 4. The Kier molecular flexibility index (Phi) is 4.57. The third-order valence-electron chi connectivity index (χ3n) is 5.08. The van der Waals surface area contributed by atoms with Crippen LogP contribution in [0.1, 0.15) is 22.7 Å². The van der Waals surface area contributed by atoms with Crippen LogP contribution in [-0.2, 0) is 19.5 Å². The molecule has 0 atom stereocenters. The molecule has 1 aliphatic rings. The van der Waals surface area contributed by atoms with Crippen molar-refractivity contribution in [1.82, 2.24) is 24.8 Å². The van der Waals surface area contributed by atoms with Crippen molar-refractivity contribution < 1.29 is 4.42 Å². The minimum atomic E-state index is -0.0882. The van der Waals surface area contributed by atoms with Crippen molar-refractivity contribution in [2.45, 2.75) is 26.4 Å². The Morgan fingerprint density at radius 1 is 1.28 bits per heavy atom. The molecular formula is C21H19N5O2S. The Morgan fingerprint density at radius 2 is 2.21 bits per heavy atom. The Labute approximate surface area is 171 Å². The number of nitrogens with zero attached hydrogens (tertiary/aromatic N) is 4. The lowest BCUT2D eigenvalue weighted by molar-refractivity contribution is 0.238. The number of thiophene rings is 1. The van der Waals surface area contributed by atoms with Gasteiger partial charge in [-0.3, -0.25) is 14.7 Å². The van der Waals surface area contributed by atoms with Crippen LogP contribution in [-0.4, -0.2) is 31.4 Å². The van der Waals surface area contributed by atoms with Gasteiger partial charge in [0.15, 0.2) is 0 Å². The molecule has 1 aliphatic heterocycles. The van der Waals surface area contributed by atoms with E-state index in [4.69, 9.17) is 4.42 Å². The average Bonchev–Trinajstić information content (AvgIpc) is 3.39. The molecule has 0 amide bonds. The summed E-state index contributed by atoms with van der Waals surface area (Å²) in [5.41, 5.74) is 3.22. The first-order chi connectivity index (χ1) is 14.2. The molecule has 5 heterocycles. The summed E-state index contributed by atoms with van der Waals surface area (Å²) in [7, 11) is 0. The Bertz CT molecular complexity index is 1200. The number of aromatic nitrogens is 4. The second kappa shape index (κ2) is 7.38. The molecular weight excluding hydrogens is 386 g/mol. The van der Waals surface area contributed by atoms with Crippen LogP contribution < -0.4 is 5.56 Å². The van der Waals surface area contributed by atoms with Crippen LogP contribution in [0.5, 0.6) is 0 Å². The summed E-state index contributed by atoms with van der Waals surface area (Å²) in [6.07, 6.45) is 4.13. The standard InChI is InChI=1S/C21H19N5O2S/c1-13-17(24-21(28-13)18-5-3-9-29-18)12-26-8-6-16-15(11-26)20(27)25-19(23-16)14-4-2-7-22-10-14/h2-5,7,9-10H,6,8,11-12H2,1H3,(H,23,25,27). The predicted octanol–water partition coefficient (Wildman–Crippen LogP) is 3.42. The lowest BCUT2D eigenvalue weighted by atomic mass is 10.1. The van der Waals surface area contributed by atoms with Gasteiger partial charge in [-0.25, -0.2) is 9.97 Å². The van der Waals surface area contributed by atoms with Crippen molar-refractivity contribution >= 4 is 11.3 Å². The number of fused-ring (bicyclic) bond motifs is 1. The third kappa shape index (κ3) is 3.52. The third-order valence-corrected chi connectivity index (χ3v) is 5.94. The van der Waals surface area contributed by atoms with Crippen LogP contribution in [0.3, 0.4) is 0 Å². The van der Waals surface area contributed by atoms with Gasteiger partial charge >= 0.3 is 0 Å². The molecule has 5 rings (SSSR count). The van der Waals surface area contributed by atoms with Crippen molar-refractivity contribution in [1.29, 1.82) is 0 Å². The van der Waals surface area contributed by atoms with Gasteiger partial charge in [0.1, 0.15) is 11.6 Å². The van der Waals surface area contributed by atoms with Gasteiger partial charge in [0.2, 0.25) is 5.89 Å². The molecule has 0 spiro atoms. The van der Waals surface area contributed by atoms with Crippen molar-refractivity contribution in [2.75, 3.05) is 6.54 Å². The van der Waals surface area contributed by atoms with Crippen molar-refractivity contribution in [3.63, 3.8) is 0 Å². The Morgan fingerprint density at radius 3 is 3.00 bits per heavy atom. The van der Waals surface area contributed by atoms with Crippen LogP contribution in [0.15, 0.2) is 51.3 Å². The average molecular weight is 405 g/mol. The van der Waals surface area contributed by atoms with Gasteiger partial charge in [0.25, 0.3) is 5.56 Å². The number of aryl methyl sites for hydroxylation is 1. The lowest BCUT2D eigenvalue weighted by Gasteiger charge is -2.27. The highest BCUT2D eigenvalue weighted by atomic mass is 32.1. The number of H-pyrrole nitrogens is 1. The normalized spacial score (nSPS) is 14.1. The van der Waals surface area contributed by atoms with Gasteiger partial charge in [-0.15, -0.1) is 11.3 Å². The molecule has 4 aromatic heterocycles. The quantitative estimate of drug-likeness (QED) is 0.560. The minimum Gasteiger partial charge on any atom is -0.440 e. The Hall–Kier alpha value is -3.10. The van der Waals surface area contributed by atoms with E-state index < -0.39 is 0 Å². The molecule has 146 valence electrons. The zero-order chi connectivity index (χ0) is 19.8. The van der Waals surface area contributed by atoms with Gasteiger partial charge in [-0.05, 0) is 30.5 Å². The van der Waals surface area contributed by atoms with E-state index in [0.29, 0.717) is 24.8 Å². The maximum Gasteiger partial charge on any atom is 0.255 e. The number of aromatic amines is 1. The van der Waals surface area contributed by atoms with E-state index in [2.05, 4.69) is 24.8 Å². The van der Waals surface area contributed by atoms with E-state index >= 15 is 0 Å². The molecule has 29 heavy (non-hydrogen) atoms. The number of hydrogen-bond donors (Lipinski definition) is 1. The molecule has 4 aromatic rings. The molecule has 0 saturated heterocycles. The molecule has 0 bridgehead atoms. The van der Waals surface area contributed by atoms with Crippen molar-refractivity contribution in [3.8, 4) is 22.2 Å². The molecule has 8 heteroatoms. The molecule has 7 nitrogen and oxygen atoms in total. The number of pyridine rings is 1. The first kappa shape index (κ1) is 18.0. The van der Waals surface area contributed by atoms with Crippen LogP contribution in [0.2, 0.25) is 0 Å². The van der Waals surface area contributed by atoms with Crippen LogP contribution >= 0.6 is 11.3 Å². The monoisotopic (exact) mass is 405 g/mol. The van der Waals surface area contributed by atoms with E-state index in [1.54, 1.807) is 23.7 Å². The van der Waals surface area contributed by atoms with Crippen LogP contribution in [0, 0.1) is 6.92 Å². The maximum absolute atomic E-state index is 12.7. The summed E-state index contributed by atoms with van der Waals surface area (Å²) >= 11 is 1.61. The van der Waals surface area contributed by atoms with Gasteiger partial charge < -0.3 is 9.40 Å². The van der Waals surface area contributed by atoms with Gasteiger partial charge in [-0.1, -0.05) is 6.07 Å². The van der Waals surface area contributed by atoms with E-state index in [9.17, 15) is 4.79 Å². The van der Waals surface area contributed by atoms with Crippen molar-refractivity contribution in [3.05, 3.63) is 75.1 Å². The highest BCUT2D eigenvalue weighted by Crippen LogP contribution is 2.27. The number of oxazole rings is 1. The fraction of sp³-hybridized carbons (Fsp3) is 0.238. The largest absolute Gasteiger partial charge is 0.440 e. The molecule has 0 aromatic carbocycles. The number of nitrogens with one attached hydrogen (secondary N) is 1. The van der Waals surface area contributed by atoms with Gasteiger partial charge in [0, 0.05) is 44.0 Å². The zero-order valence-electron chi connectivity index (χ0n) is 15.9. The van der Waals surface area contributed by atoms with E-state index in [-0.39, 0.29) is 5.56 Å². The summed E-state index contributed by atoms with van der Waals surface area (Å²) in [5, 5.41) is 2.01. The molecule has 0 saturated carbocycles. The van der Waals surface area contributed by atoms with Crippen LogP contribution in [0.25, 0.3) is 22.2 Å². The SMILES string of the molecule is Cc1oc(-c2cccs2)nc1CN1CCc2nc(-c3cccnc3)[nH]c(=O)c2C1. The van der Waals surface area contributed by atoms with Gasteiger partial charge in [0.05, 0.1) is 21.8 Å². The summed E-state index contributed by atoms with van der Waals surface area (Å²) < 4.78 is 5.84. The molecule has 0 unspecified atom stereocenters. The van der Waals surface area contributed by atoms with Crippen molar-refractivity contribution in [2.24, 2.45) is 0 Å². The van der Waals surface area contributed by atoms with Gasteiger partial charge in [-0.2, -0.15) is 0 Å². The summed E-state index contributed by atoms with van der Waals surface area (Å²) in [6.45, 7) is 3.94. The second-order valence-corrected chi connectivity index (χ2v) is 7.99. The fourth-order valence-electron chi connectivity index (χ4n) is 3.55. The zero-order valence-corrected chi connectivity index (χ0v) is 16.7. The summed E-state index contributed by atoms with van der Waals surface area (Å²) in [6, 6.07) is 7.72. The first-order valence-corrected chi connectivity index (χ1v) is 10.3. The second-order valence-electron chi connectivity index (χ2n) is 7.04. The topological polar surface area (TPSA) is 87.9 Å². The minimum absolute atomic E-state index is 0.0882. The maximum atomic E-state index is 12.7. The van der Waals surface area contributed by atoms with E-state index in [1.165, 1.54) is 0 Å². The highest BCUT2D eigenvalue weighted by Gasteiger charge is 2.23. The Balaban J connectivity index is 1.37. The highest BCUT2D eigenvalue weighted by molar-refractivity contribution is 7.13. The molecule has 0 fully saturated rings. The molecule has 0 radical (unpaired) electrons. The summed E-state index contributed by atoms with van der Waals surface area (Å²) in [5.74, 6) is 2.05. The smallest absolute Gasteiger partial charge is 0.255 e. The number of hydrogen-bond acceptors (Lipinski definition) is 7. The first-order valence-electron chi connectivity index (χ1n) is 9.42. The predicted molar refractivity (Wildman–Crippen MR) is 110 cm³/mol. The van der Waals surface area contributed by atoms with E-state index in [1.807, 2.05) is 36.6 Å². The molecule has 0 aliphatic carbocycles. The van der Waals surface area contributed by atoms with Crippen LogP contribution in [0.4, 0.5) is 0 Å². The molecule has 1 N–H and O–H groups in total. The van der Waals surface area contributed by atoms with E-state index in [0.717, 1.165) is 46.1 Å². The fourth-order valence-corrected chi connectivity index (χ4v) is 4.20. The lowest BCUT2D eigenvalue weighted by Crippen LogP contribution is -2.35. The summed E-state index contributed by atoms with van der Waals surface area (Å²) in [4.78, 5) is 32.3.